The molecule has 0 saturated heterocycles. The average Bonchev–Trinajstić information content (AvgIpc) is 2.02. The van der Waals surface area contributed by atoms with Crippen molar-refractivity contribution in [3.63, 3.8) is 0 Å². The van der Waals surface area contributed by atoms with Crippen LogP contribution in [-0.4, -0.2) is 25.8 Å². The van der Waals surface area contributed by atoms with Gasteiger partial charge in [0.15, 0.2) is 0 Å². The van der Waals surface area contributed by atoms with Crippen molar-refractivity contribution in [2.24, 2.45) is 5.41 Å². The number of nitrogens with one attached hydrogen (secondary N) is 1. The fraction of sp³-hybridized carbons (Fsp3) is 1.00. The molecule has 1 N–H and O–H groups in total. The Morgan fingerprint density at radius 1 is 1.23 bits per heavy atom. The maximum absolute atomic E-state index is 5.60. The summed E-state index contributed by atoms with van der Waals surface area (Å²) in [7, 11) is 3.79. The maximum Gasteiger partial charge on any atom is 0.0805 e. The third-order valence-electron chi connectivity index (χ3n) is 2.93. The van der Waals surface area contributed by atoms with Crippen molar-refractivity contribution in [3.05, 3.63) is 0 Å². The van der Waals surface area contributed by atoms with Crippen LogP contribution in [0.15, 0.2) is 0 Å². The third kappa shape index (κ3) is 2.96. The van der Waals surface area contributed by atoms with Crippen molar-refractivity contribution in [2.75, 3.05) is 14.2 Å². The van der Waals surface area contributed by atoms with Gasteiger partial charge < -0.3 is 10.1 Å². The van der Waals surface area contributed by atoms with Crippen molar-refractivity contribution in [1.29, 1.82) is 0 Å². The monoisotopic (exact) mass is 187 g/mol. The van der Waals surface area contributed by atoms with Crippen LogP contribution >= 0.6 is 0 Å². The molecular formula is C11H25NO. The molecule has 0 aliphatic heterocycles. The summed E-state index contributed by atoms with van der Waals surface area (Å²) in [5, 5.41) is 3.36. The average molecular weight is 187 g/mol. The van der Waals surface area contributed by atoms with Gasteiger partial charge in [-0.3, -0.25) is 0 Å². The van der Waals surface area contributed by atoms with Crippen LogP contribution in [0.5, 0.6) is 0 Å². The molecule has 0 fully saturated rings. The van der Waals surface area contributed by atoms with Gasteiger partial charge in [-0.25, -0.2) is 0 Å². The number of hydrogen-bond donors (Lipinski definition) is 1. The zero-order chi connectivity index (χ0) is 10.7. The van der Waals surface area contributed by atoms with Crippen LogP contribution in [0.1, 0.15) is 41.0 Å². The lowest BCUT2D eigenvalue weighted by molar-refractivity contribution is -0.0567. The van der Waals surface area contributed by atoms with Crippen molar-refractivity contribution < 1.29 is 4.74 Å². The van der Waals surface area contributed by atoms with E-state index in [-0.39, 0.29) is 11.0 Å². The van der Waals surface area contributed by atoms with E-state index in [1.54, 1.807) is 7.11 Å². The van der Waals surface area contributed by atoms with E-state index >= 15 is 0 Å². The van der Waals surface area contributed by atoms with Gasteiger partial charge in [-0.1, -0.05) is 27.7 Å². The highest BCUT2D eigenvalue weighted by atomic mass is 16.5. The van der Waals surface area contributed by atoms with Gasteiger partial charge >= 0.3 is 0 Å². The lowest BCUT2D eigenvalue weighted by Crippen LogP contribution is -2.55. The quantitative estimate of drug-likeness (QED) is 0.730. The van der Waals surface area contributed by atoms with Gasteiger partial charge in [0.25, 0.3) is 0 Å². The summed E-state index contributed by atoms with van der Waals surface area (Å²) in [5.41, 5.74) is 0.141. The van der Waals surface area contributed by atoms with Crippen LogP contribution in [0, 0.1) is 5.41 Å². The van der Waals surface area contributed by atoms with E-state index in [9.17, 15) is 0 Å². The number of likely N-dealkylation sites (N-methyl/N-ethyl adjacent to an activating group) is 1. The Labute approximate surface area is 83.1 Å². The lowest BCUT2D eigenvalue weighted by Gasteiger charge is -2.43. The Morgan fingerprint density at radius 2 is 1.69 bits per heavy atom. The van der Waals surface area contributed by atoms with Crippen molar-refractivity contribution in [3.8, 4) is 0 Å². The largest absolute Gasteiger partial charge is 0.377 e. The molecular weight excluding hydrogens is 162 g/mol. The Morgan fingerprint density at radius 3 is 1.77 bits per heavy atom. The minimum atomic E-state index is -0.0764. The Bertz CT molecular complexity index is 145. The van der Waals surface area contributed by atoms with Crippen LogP contribution in [0.3, 0.4) is 0 Å². The Hall–Kier alpha value is -0.0800. The van der Waals surface area contributed by atoms with Crippen molar-refractivity contribution >= 4 is 0 Å². The van der Waals surface area contributed by atoms with E-state index in [0.29, 0.717) is 6.04 Å². The van der Waals surface area contributed by atoms with Gasteiger partial charge in [0, 0.05) is 13.2 Å². The number of hydrogen-bond acceptors (Lipinski definition) is 2. The standard InChI is InChI=1S/C11H25NO/c1-8-11(5,13-7)9(12-6)10(2,3)4/h9,12H,8H2,1-7H3. The highest BCUT2D eigenvalue weighted by molar-refractivity contribution is 4.95. The van der Waals surface area contributed by atoms with Crippen LogP contribution in [-0.2, 0) is 4.74 Å². The Balaban J connectivity index is 4.74. The second-order valence-corrected chi connectivity index (χ2v) is 4.96. The van der Waals surface area contributed by atoms with Crippen LogP contribution < -0.4 is 5.32 Å². The van der Waals surface area contributed by atoms with E-state index in [0.717, 1.165) is 6.42 Å². The molecule has 0 bridgehead atoms. The molecule has 0 heterocycles. The minimum Gasteiger partial charge on any atom is -0.377 e. The molecule has 0 radical (unpaired) electrons. The van der Waals surface area contributed by atoms with E-state index in [2.05, 4.69) is 39.9 Å². The smallest absolute Gasteiger partial charge is 0.0805 e. The van der Waals surface area contributed by atoms with Gasteiger partial charge in [-0.2, -0.15) is 0 Å². The van der Waals surface area contributed by atoms with Gasteiger partial charge in [-0.15, -0.1) is 0 Å². The number of rotatable bonds is 4. The second-order valence-electron chi connectivity index (χ2n) is 4.96. The molecule has 0 aliphatic carbocycles. The first-order valence-electron chi connectivity index (χ1n) is 5.04. The summed E-state index contributed by atoms with van der Waals surface area (Å²) in [4.78, 5) is 0. The predicted molar refractivity (Wildman–Crippen MR) is 58.0 cm³/mol. The van der Waals surface area contributed by atoms with Crippen molar-refractivity contribution in [2.45, 2.75) is 52.7 Å². The van der Waals surface area contributed by atoms with Crippen LogP contribution in [0.25, 0.3) is 0 Å². The molecule has 2 atom stereocenters. The first-order chi connectivity index (χ1) is 5.81. The van der Waals surface area contributed by atoms with Crippen LogP contribution in [0.4, 0.5) is 0 Å². The van der Waals surface area contributed by atoms with Crippen LogP contribution in [0.2, 0.25) is 0 Å². The van der Waals surface area contributed by atoms with E-state index in [1.165, 1.54) is 0 Å². The molecule has 13 heavy (non-hydrogen) atoms. The first-order valence-corrected chi connectivity index (χ1v) is 5.04. The number of methoxy groups -OCH3 is 1. The highest BCUT2D eigenvalue weighted by Gasteiger charge is 2.39. The lowest BCUT2D eigenvalue weighted by atomic mass is 9.76. The normalized spacial score (nSPS) is 19.6. The zero-order valence-corrected chi connectivity index (χ0v) is 10.2. The molecule has 0 aromatic carbocycles. The summed E-state index contributed by atoms with van der Waals surface area (Å²) < 4.78 is 5.60. The number of ether oxygens (including phenoxy) is 1. The Kier molecular flexibility index (Phi) is 4.40. The van der Waals surface area contributed by atoms with Gasteiger partial charge in [0.05, 0.1) is 5.60 Å². The second kappa shape index (κ2) is 4.43. The molecule has 80 valence electrons. The van der Waals surface area contributed by atoms with Gasteiger partial charge in [-0.05, 0) is 25.8 Å². The maximum atomic E-state index is 5.60. The third-order valence-corrected chi connectivity index (χ3v) is 2.93. The molecule has 0 aromatic heterocycles. The summed E-state index contributed by atoms with van der Waals surface area (Å²) in [6, 6.07) is 0.370. The topological polar surface area (TPSA) is 21.3 Å². The van der Waals surface area contributed by atoms with Gasteiger partial charge in [0.2, 0.25) is 0 Å². The zero-order valence-electron chi connectivity index (χ0n) is 10.2. The molecule has 0 rings (SSSR count). The van der Waals surface area contributed by atoms with E-state index in [1.807, 2.05) is 7.05 Å². The molecule has 0 aromatic rings. The fourth-order valence-electron chi connectivity index (χ4n) is 2.12. The highest BCUT2D eigenvalue weighted by Crippen LogP contribution is 2.31. The molecule has 0 saturated carbocycles. The summed E-state index contributed by atoms with van der Waals surface area (Å²) in [6.45, 7) is 11.0. The predicted octanol–water partition coefficient (Wildman–Crippen LogP) is 2.44. The molecule has 0 amide bonds. The summed E-state index contributed by atoms with van der Waals surface area (Å²) in [6.07, 6.45) is 1.02. The fourth-order valence-corrected chi connectivity index (χ4v) is 2.12. The molecule has 0 spiro atoms. The molecule has 2 heteroatoms. The minimum absolute atomic E-state index is 0.0764. The van der Waals surface area contributed by atoms with Crippen molar-refractivity contribution in [1.82, 2.24) is 5.32 Å². The summed E-state index contributed by atoms with van der Waals surface area (Å²) in [5.74, 6) is 0. The molecule has 0 aliphatic rings. The SMILES string of the molecule is CCC(C)(OC)C(NC)C(C)(C)C. The van der Waals surface area contributed by atoms with E-state index < -0.39 is 0 Å². The molecule has 2 nitrogen and oxygen atoms in total. The first kappa shape index (κ1) is 12.9. The van der Waals surface area contributed by atoms with Gasteiger partial charge in [0.1, 0.15) is 0 Å². The summed E-state index contributed by atoms with van der Waals surface area (Å²) >= 11 is 0. The molecule has 2 unspecified atom stereocenters. The van der Waals surface area contributed by atoms with E-state index in [4.69, 9.17) is 4.74 Å².